The van der Waals surface area contributed by atoms with Crippen molar-refractivity contribution in [3.05, 3.63) is 60.0 Å². The quantitative estimate of drug-likeness (QED) is 0.686. The number of nitrogens with zero attached hydrogens (tertiary/aromatic N) is 2. The summed E-state index contributed by atoms with van der Waals surface area (Å²) in [6.07, 6.45) is 0. The summed E-state index contributed by atoms with van der Waals surface area (Å²) in [6, 6.07) is 11.5. The van der Waals surface area contributed by atoms with E-state index in [4.69, 9.17) is 5.73 Å². The standard InChI is InChI=1S/C15H15N3O2S/c1-3-21(19,20)14-7-5-13(6-8-14)17-18-15-9-4-12(16)10-11(15)2/h3-10H,1,16H2,2H3. The fourth-order valence-corrected chi connectivity index (χ4v) is 2.41. The Morgan fingerprint density at radius 1 is 1.10 bits per heavy atom. The van der Waals surface area contributed by atoms with Crippen molar-refractivity contribution in [3.63, 3.8) is 0 Å². The molecule has 0 spiro atoms. The van der Waals surface area contributed by atoms with Gasteiger partial charge in [-0.15, -0.1) is 0 Å². The zero-order valence-corrected chi connectivity index (χ0v) is 12.3. The molecule has 108 valence electrons. The fourth-order valence-electron chi connectivity index (χ4n) is 1.70. The van der Waals surface area contributed by atoms with Gasteiger partial charge < -0.3 is 5.73 Å². The molecule has 0 heterocycles. The van der Waals surface area contributed by atoms with Crippen LogP contribution in [0.15, 0.2) is 69.6 Å². The van der Waals surface area contributed by atoms with Crippen molar-refractivity contribution in [1.29, 1.82) is 0 Å². The molecule has 21 heavy (non-hydrogen) atoms. The summed E-state index contributed by atoms with van der Waals surface area (Å²) in [5, 5.41) is 9.13. The molecule has 0 aromatic heterocycles. The van der Waals surface area contributed by atoms with Crippen molar-refractivity contribution in [2.24, 2.45) is 10.2 Å². The monoisotopic (exact) mass is 301 g/mol. The van der Waals surface area contributed by atoms with E-state index in [2.05, 4.69) is 16.8 Å². The van der Waals surface area contributed by atoms with E-state index in [0.29, 0.717) is 17.1 Å². The summed E-state index contributed by atoms with van der Waals surface area (Å²) >= 11 is 0. The highest BCUT2D eigenvalue weighted by atomic mass is 32.2. The van der Waals surface area contributed by atoms with Crippen LogP contribution in [0.5, 0.6) is 0 Å². The van der Waals surface area contributed by atoms with Gasteiger partial charge in [0.15, 0.2) is 9.84 Å². The van der Waals surface area contributed by atoms with Crippen molar-refractivity contribution < 1.29 is 8.42 Å². The van der Waals surface area contributed by atoms with E-state index in [1.165, 1.54) is 12.1 Å². The first kappa shape index (κ1) is 14.9. The highest BCUT2D eigenvalue weighted by Gasteiger charge is 2.08. The van der Waals surface area contributed by atoms with Gasteiger partial charge in [-0.3, -0.25) is 0 Å². The van der Waals surface area contributed by atoms with E-state index in [9.17, 15) is 8.42 Å². The lowest BCUT2D eigenvalue weighted by atomic mass is 10.2. The number of sulfone groups is 1. The smallest absolute Gasteiger partial charge is 0.199 e. The summed E-state index contributed by atoms with van der Waals surface area (Å²) in [5.74, 6) is 0. The van der Waals surface area contributed by atoms with E-state index in [-0.39, 0.29) is 4.90 Å². The average molecular weight is 301 g/mol. The van der Waals surface area contributed by atoms with Crippen molar-refractivity contribution in [3.8, 4) is 0 Å². The minimum absolute atomic E-state index is 0.181. The molecule has 0 atom stereocenters. The Bertz CT molecular complexity index is 794. The van der Waals surface area contributed by atoms with E-state index in [1.807, 2.05) is 13.0 Å². The highest BCUT2D eigenvalue weighted by molar-refractivity contribution is 7.94. The lowest BCUT2D eigenvalue weighted by molar-refractivity contribution is 0.604. The molecule has 0 aliphatic heterocycles. The maximum Gasteiger partial charge on any atom is 0.199 e. The van der Waals surface area contributed by atoms with Crippen LogP contribution in [0, 0.1) is 6.92 Å². The van der Waals surface area contributed by atoms with Crippen LogP contribution in [-0.2, 0) is 9.84 Å². The summed E-state index contributed by atoms with van der Waals surface area (Å²) < 4.78 is 23.2. The third-order valence-electron chi connectivity index (χ3n) is 2.88. The maximum absolute atomic E-state index is 11.6. The molecular weight excluding hydrogens is 286 g/mol. The maximum atomic E-state index is 11.6. The number of azo groups is 1. The predicted molar refractivity (Wildman–Crippen MR) is 83.6 cm³/mol. The molecule has 0 amide bonds. The molecule has 2 N–H and O–H groups in total. The summed E-state index contributed by atoms with van der Waals surface area (Å²) in [4.78, 5) is 0.181. The molecule has 5 nitrogen and oxygen atoms in total. The highest BCUT2D eigenvalue weighted by Crippen LogP contribution is 2.24. The lowest BCUT2D eigenvalue weighted by Crippen LogP contribution is -1.94. The first-order valence-corrected chi connectivity index (χ1v) is 7.72. The van der Waals surface area contributed by atoms with Gasteiger partial charge in [-0.2, -0.15) is 10.2 Å². The molecule has 0 aliphatic rings. The minimum Gasteiger partial charge on any atom is -0.399 e. The van der Waals surface area contributed by atoms with Crippen molar-refractivity contribution in [1.82, 2.24) is 0 Å². The SMILES string of the molecule is C=CS(=O)(=O)c1ccc(N=Nc2ccc(N)cc2C)cc1. The predicted octanol–water partition coefficient (Wildman–Crippen LogP) is 3.91. The second-order valence-electron chi connectivity index (χ2n) is 4.45. The molecule has 2 rings (SSSR count). The topological polar surface area (TPSA) is 84.9 Å². The Balaban J connectivity index is 2.24. The Hall–Kier alpha value is -2.47. The number of hydrogen-bond acceptors (Lipinski definition) is 5. The van der Waals surface area contributed by atoms with Crippen LogP contribution in [0.25, 0.3) is 0 Å². The van der Waals surface area contributed by atoms with Crippen LogP contribution in [0.3, 0.4) is 0 Å². The Labute approximate surface area is 123 Å². The van der Waals surface area contributed by atoms with Gasteiger partial charge in [-0.05, 0) is 55.0 Å². The van der Waals surface area contributed by atoms with Crippen LogP contribution in [0.1, 0.15) is 5.56 Å². The third kappa shape index (κ3) is 3.55. The first-order chi connectivity index (χ1) is 9.92. The fraction of sp³-hybridized carbons (Fsp3) is 0.0667. The molecule has 2 aromatic carbocycles. The van der Waals surface area contributed by atoms with Crippen LogP contribution >= 0.6 is 0 Å². The largest absolute Gasteiger partial charge is 0.399 e. The Morgan fingerprint density at radius 2 is 1.76 bits per heavy atom. The van der Waals surface area contributed by atoms with Crippen LogP contribution in [-0.4, -0.2) is 8.42 Å². The summed E-state index contributed by atoms with van der Waals surface area (Å²) in [7, 11) is -3.42. The minimum atomic E-state index is -3.42. The molecule has 6 heteroatoms. The number of anilines is 1. The normalized spacial score (nSPS) is 11.7. The van der Waals surface area contributed by atoms with Crippen molar-refractivity contribution in [2.75, 3.05) is 5.73 Å². The van der Waals surface area contributed by atoms with Gasteiger partial charge in [-0.1, -0.05) is 6.58 Å². The molecule has 0 saturated heterocycles. The van der Waals surface area contributed by atoms with Crippen LogP contribution in [0.2, 0.25) is 0 Å². The lowest BCUT2D eigenvalue weighted by Gasteiger charge is -2.01. The first-order valence-electron chi connectivity index (χ1n) is 6.18. The second kappa shape index (κ2) is 5.88. The summed E-state index contributed by atoms with van der Waals surface area (Å²) in [6.45, 7) is 5.18. The molecule has 2 aromatic rings. The summed E-state index contributed by atoms with van der Waals surface area (Å²) in [5.41, 5.74) is 8.54. The van der Waals surface area contributed by atoms with Gasteiger partial charge in [-0.25, -0.2) is 8.42 Å². The molecule has 0 unspecified atom stereocenters. The zero-order chi connectivity index (χ0) is 15.5. The number of nitrogens with two attached hydrogens (primary N) is 1. The zero-order valence-electron chi connectivity index (χ0n) is 11.5. The Morgan fingerprint density at radius 3 is 2.33 bits per heavy atom. The van der Waals surface area contributed by atoms with Gasteiger partial charge in [0.2, 0.25) is 0 Å². The molecule has 0 aliphatic carbocycles. The number of benzene rings is 2. The average Bonchev–Trinajstić information content (AvgIpc) is 2.47. The van der Waals surface area contributed by atoms with Gasteiger partial charge in [0.05, 0.1) is 16.3 Å². The van der Waals surface area contributed by atoms with Gasteiger partial charge >= 0.3 is 0 Å². The van der Waals surface area contributed by atoms with Crippen LogP contribution < -0.4 is 5.73 Å². The molecule has 0 bridgehead atoms. The van der Waals surface area contributed by atoms with E-state index < -0.39 is 9.84 Å². The molecule has 0 fully saturated rings. The number of rotatable bonds is 4. The van der Waals surface area contributed by atoms with Crippen LogP contribution in [0.4, 0.5) is 17.1 Å². The van der Waals surface area contributed by atoms with Gasteiger partial charge in [0.25, 0.3) is 0 Å². The van der Waals surface area contributed by atoms with E-state index >= 15 is 0 Å². The third-order valence-corrected chi connectivity index (χ3v) is 4.25. The number of hydrogen-bond donors (Lipinski definition) is 1. The second-order valence-corrected chi connectivity index (χ2v) is 6.35. The van der Waals surface area contributed by atoms with E-state index in [1.54, 1.807) is 24.3 Å². The Kier molecular flexibility index (Phi) is 4.18. The van der Waals surface area contributed by atoms with Gasteiger partial charge in [0, 0.05) is 11.1 Å². The van der Waals surface area contributed by atoms with Crippen molar-refractivity contribution >= 4 is 26.9 Å². The molecule has 0 radical (unpaired) electrons. The van der Waals surface area contributed by atoms with E-state index in [0.717, 1.165) is 11.0 Å². The van der Waals surface area contributed by atoms with Crippen molar-refractivity contribution in [2.45, 2.75) is 11.8 Å². The molecular formula is C15H15N3O2S. The number of aryl methyl sites for hydroxylation is 1. The number of nitrogen functional groups attached to an aromatic ring is 1. The van der Waals surface area contributed by atoms with Gasteiger partial charge in [0.1, 0.15) is 0 Å². The molecule has 0 saturated carbocycles.